The van der Waals surface area contributed by atoms with Crippen molar-refractivity contribution in [1.82, 2.24) is 9.78 Å². The van der Waals surface area contributed by atoms with Gasteiger partial charge in [-0.05, 0) is 31.0 Å². The fourth-order valence-corrected chi connectivity index (χ4v) is 2.93. The van der Waals surface area contributed by atoms with E-state index in [2.05, 4.69) is 10.4 Å². The molecule has 1 amide bonds. The summed E-state index contributed by atoms with van der Waals surface area (Å²) >= 11 is 0. The van der Waals surface area contributed by atoms with Crippen LogP contribution in [0.15, 0.2) is 47.3 Å². The maximum atomic E-state index is 13.5. The lowest BCUT2D eigenvalue weighted by Gasteiger charge is -2.14. The second-order valence-corrected chi connectivity index (χ2v) is 6.80. The van der Waals surface area contributed by atoms with E-state index in [9.17, 15) is 14.0 Å². The zero-order valence-corrected chi connectivity index (χ0v) is 16.0. The van der Waals surface area contributed by atoms with Gasteiger partial charge in [-0.15, -0.1) is 0 Å². The topological polar surface area (TPSA) is 73.2 Å². The van der Waals surface area contributed by atoms with Crippen molar-refractivity contribution in [1.29, 1.82) is 0 Å². The number of carbonyl (C=O) groups excluding carboxylic acids is 1. The number of nitrogens with one attached hydrogen (secondary N) is 1. The average molecular weight is 383 g/mol. The van der Waals surface area contributed by atoms with Crippen LogP contribution >= 0.6 is 0 Å². The van der Waals surface area contributed by atoms with Crippen LogP contribution in [0, 0.1) is 11.7 Å². The minimum Gasteiger partial charge on any atom is -0.492 e. The normalized spacial score (nSPS) is 11.0. The Morgan fingerprint density at radius 1 is 1.21 bits per heavy atom. The largest absolute Gasteiger partial charge is 0.492 e. The number of hydrogen-bond donors (Lipinski definition) is 1. The molecule has 146 valence electrons. The van der Waals surface area contributed by atoms with Crippen LogP contribution < -0.4 is 15.6 Å². The van der Waals surface area contributed by atoms with Crippen molar-refractivity contribution in [2.24, 2.45) is 5.92 Å². The Kier molecular flexibility index (Phi) is 5.73. The van der Waals surface area contributed by atoms with Crippen LogP contribution in [0.25, 0.3) is 10.8 Å². The van der Waals surface area contributed by atoms with E-state index in [1.54, 1.807) is 31.2 Å². The fourth-order valence-electron chi connectivity index (χ4n) is 2.93. The van der Waals surface area contributed by atoms with Gasteiger partial charge in [-0.2, -0.15) is 5.10 Å². The Labute approximate surface area is 161 Å². The summed E-state index contributed by atoms with van der Waals surface area (Å²) in [5.74, 6) is -0.545. The second-order valence-electron chi connectivity index (χ2n) is 6.80. The molecule has 0 atom stereocenters. The molecule has 3 aromatic rings. The van der Waals surface area contributed by atoms with Crippen molar-refractivity contribution in [2.75, 3.05) is 11.9 Å². The van der Waals surface area contributed by atoms with Gasteiger partial charge >= 0.3 is 0 Å². The van der Waals surface area contributed by atoms with E-state index < -0.39 is 11.7 Å². The van der Waals surface area contributed by atoms with Crippen molar-refractivity contribution < 1.29 is 13.9 Å². The third-order valence-corrected chi connectivity index (χ3v) is 4.11. The van der Waals surface area contributed by atoms with Crippen LogP contribution in [-0.2, 0) is 6.54 Å². The molecule has 0 saturated heterocycles. The summed E-state index contributed by atoms with van der Waals surface area (Å²) in [6, 6.07) is 10.7. The summed E-state index contributed by atoms with van der Waals surface area (Å²) < 4.78 is 20.2. The molecule has 0 spiro atoms. The van der Waals surface area contributed by atoms with Crippen LogP contribution in [0.1, 0.15) is 31.3 Å². The van der Waals surface area contributed by atoms with Crippen LogP contribution in [-0.4, -0.2) is 22.3 Å². The first-order valence-corrected chi connectivity index (χ1v) is 9.14. The Bertz CT molecular complexity index is 1080. The molecule has 28 heavy (non-hydrogen) atoms. The Morgan fingerprint density at radius 2 is 1.93 bits per heavy atom. The summed E-state index contributed by atoms with van der Waals surface area (Å²) in [5, 5.41) is 7.92. The lowest BCUT2D eigenvalue weighted by Crippen LogP contribution is -2.29. The minimum atomic E-state index is -0.499. The number of halogens is 1. The number of anilines is 1. The van der Waals surface area contributed by atoms with Gasteiger partial charge in [0.05, 0.1) is 17.7 Å². The lowest BCUT2D eigenvalue weighted by molar-refractivity contribution is 0.102. The molecule has 0 unspecified atom stereocenters. The SMILES string of the molecule is CCOc1cc(F)ccc1NC(=O)c1nn(CC(C)C)c(=O)c2ccccc12. The molecule has 0 fully saturated rings. The van der Waals surface area contributed by atoms with Crippen LogP contribution in [0.5, 0.6) is 5.75 Å². The van der Waals surface area contributed by atoms with Gasteiger partial charge in [-0.1, -0.05) is 32.0 Å². The summed E-state index contributed by atoms with van der Waals surface area (Å²) in [4.78, 5) is 25.7. The predicted molar refractivity (Wildman–Crippen MR) is 106 cm³/mol. The van der Waals surface area contributed by atoms with Gasteiger partial charge in [0.15, 0.2) is 5.69 Å². The molecule has 0 aliphatic heterocycles. The molecule has 0 aliphatic rings. The second kappa shape index (κ2) is 8.21. The Morgan fingerprint density at radius 3 is 2.61 bits per heavy atom. The number of benzene rings is 2. The number of hydrogen-bond acceptors (Lipinski definition) is 4. The molecule has 0 bridgehead atoms. The maximum absolute atomic E-state index is 13.5. The minimum absolute atomic E-state index is 0.127. The summed E-state index contributed by atoms with van der Waals surface area (Å²) in [6.45, 7) is 6.43. The van der Waals surface area contributed by atoms with Gasteiger partial charge in [-0.25, -0.2) is 9.07 Å². The molecule has 2 aromatic carbocycles. The van der Waals surface area contributed by atoms with Gasteiger partial charge < -0.3 is 10.1 Å². The van der Waals surface area contributed by atoms with Gasteiger partial charge in [0.2, 0.25) is 0 Å². The summed E-state index contributed by atoms with van der Waals surface area (Å²) in [6.07, 6.45) is 0. The van der Waals surface area contributed by atoms with E-state index in [0.29, 0.717) is 29.6 Å². The highest BCUT2D eigenvalue weighted by molar-refractivity contribution is 6.11. The van der Waals surface area contributed by atoms with Gasteiger partial charge in [0.25, 0.3) is 11.5 Å². The number of fused-ring (bicyclic) bond motifs is 1. The molecule has 0 saturated carbocycles. The first-order valence-electron chi connectivity index (χ1n) is 9.14. The Hall–Kier alpha value is -3.22. The average Bonchev–Trinajstić information content (AvgIpc) is 2.66. The third kappa shape index (κ3) is 4.03. The molecule has 6 nitrogen and oxygen atoms in total. The maximum Gasteiger partial charge on any atom is 0.276 e. The van der Waals surface area contributed by atoms with E-state index in [0.717, 1.165) is 0 Å². The Balaban J connectivity index is 2.07. The molecule has 1 aromatic heterocycles. The van der Waals surface area contributed by atoms with Crippen LogP contribution in [0.4, 0.5) is 10.1 Å². The van der Waals surface area contributed by atoms with E-state index in [1.807, 2.05) is 13.8 Å². The summed E-state index contributed by atoms with van der Waals surface area (Å²) in [5.41, 5.74) is 0.223. The molecule has 0 aliphatic carbocycles. The molecule has 1 N–H and O–H groups in total. The fraction of sp³-hybridized carbons (Fsp3) is 0.286. The van der Waals surface area contributed by atoms with Gasteiger partial charge in [-0.3, -0.25) is 9.59 Å². The smallest absolute Gasteiger partial charge is 0.276 e. The number of ether oxygens (including phenoxy) is 1. The number of nitrogens with zero attached hydrogens (tertiary/aromatic N) is 2. The van der Waals surface area contributed by atoms with E-state index in [4.69, 9.17) is 4.74 Å². The van der Waals surface area contributed by atoms with Crippen molar-refractivity contribution in [3.05, 3.63) is 64.3 Å². The number of carbonyl (C=O) groups is 1. The van der Waals surface area contributed by atoms with Crippen molar-refractivity contribution in [3.8, 4) is 5.75 Å². The van der Waals surface area contributed by atoms with Crippen LogP contribution in [0.2, 0.25) is 0 Å². The van der Waals surface area contributed by atoms with E-state index in [-0.39, 0.29) is 22.9 Å². The van der Waals surface area contributed by atoms with Crippen LogP contribution in [0.3, 0.4) is 0 Å². The third-order valence-electron chi connectivity index (χ3n) is 4.11. The van der Waals surface area contributed by atoms with Gasteiger partial charge in [0.1, 0.15) is 11.6 Å². The number of aromatic nitrogens is 2. The molecular formula is C21H22FN3O3. The summed E-state index contributed by atoms with van der Waals surface area (Å²) in [7, 11) is 0. The highest BCUT2D eigenvalue weighted by Gasteiger charge is 2.18. The molecule has 7 heteroatoms. The molecule has 1 heterocycles. The van der Waals surface area contributed by atoms with Crippen molar-refractivity contribution >= 4 is 22.4 Å². The quantitative estimate of drug-likeness (QED) is 0.702. The predicted octanol–water partition coefficient (Wildman–Crippen LogP) is 3.84. The molecule has 0 radical (unpaired) electrons. The highest BCUT2D eigenvalue weighted by Crippen LogP contribution is 2.26. The monoisotopic (exact) mass is 383 g/mol. The molecule has 3 rings (SSSR count). The number of rotatable bonds is 6. The zero-order valence-electron chi connectivity index (χ0n) is 16.0. The number of amides is 1. The zero-order chi connectivity index (χ0) is 20.3. The van der Waals surface area contributed by atoms with E-state index in [1.165, 1.54) is 22.9 Å². The van der Waals surface area contributed by atoms with Crippen molar-refractivity contribution in [3.63, 3.8) is 0 Å². The van der Waals surface area contributed by atoms with Gasteiger partial charge in [0, 0.05) is 18.0 Å². The van der Waals surface area contributed by atoms with E-state index >= 15 is 0 Å². The van der Waals surface area contributed by atoms with Crippen molar-refractivity contribution in [2.45, 2.75) is 27.3 Å². The highest BCUT2D eigenvalue weighted by atomic mass is 19.1. The standard InChI is InChI=1S/C21H22FN3O3/c1-4-28-18-11-14(22)9-10-17(18)23-20(26)19-15-7-5-6-8-16(15)21(27)25(24-19)12-13(2)3/h5-11,13H,4,12H2,1-3H3,(H,23,26). The lowest BCUT2D eigenvalue weighted by atomic mass is 10.1. The first kappa shape index (κ1) is 19.5. The first-order chi connectivity index (χ1) is 13.4. The molecular weight excluding hydrogens is 361 g/mol.